The van der Waals surface area contributed by atoms with E-state index in [-0.39, 0.29) is 30.1 Å². The van der Waals surface area contributed by atoms with Crippen LogP contribution in [0, 0.1) is 5.92 Å². The van der Waals surface area contributed by atoms with Gasteiger partial charge in [0.25, 0.3) is 5.91 Å². The Kier molecular flexibility index (Phi) is 9.21. The Balaban J connectivity index is 0.00000441. The number of hydrogen-bond donors (Lipinski definition) is 3. The zero-order chi connectivity index (χ0) is 15.8. The van der Waals surface area contributed by atoms with Gasteiger partial charge in [0.1, 0.15) is 11.8 Å². The molecule has 6 nitrogen and oxygen atoms in total. The van der Waals surface area contributed by atoms with Gasteiger partial charge in [0.2, 0.25) is 5.91 Å². The van der Waals surface area contributed by atoms with Gasteiger partial charge < -0.3 is 21.1 Å². The Bertz CT molecular complexity index is 495. The zero-order valence-electron chi connectivity index (χ0n) is 13.1. The van der Waals surface area contributed by atoms with E-state index < -0.39 is 6.04 Å². The van der Waals surface area contributed by atoms with Crippen LogP contribution in [0.3, 0.4) is 0 Å². The Morgan fingerprint density at radius 2 is 1.91 bits per heavy atom. The molecule has 0 spiro atoms. The SMILES string of the molecule is COc1ccccc1C(=O)NC(C(=O)NCCN)C(C)C.Cl. The number of rotatable bonds is 7. The molecule has 7 heteroatoms. The summed E-state index contributed by atoms with van der Waals surface area (Å²) < 4.78 is 5.16. The van der Waals surface area contributed by atoms with E-state index in [9.17, 15) is 9.59 Å². The molecule has 0 aliphatic heterocycles. The fourth-order valence-corrected chi connectivity index (χ4v) is 1.89. The molecule has 4 N–H and O–H groups in total. The number of amides is 2. The molecule has 1 aromatic rings. The number of halogens is 1. The second-order valence-electron chi connectivity index (χ2n) is 4.98. The molecule has 0 aliphatic rings. The number of methoxy groups -OCH3 is 1. The van der Waals surface area contributed by atoms with E-state index in [0.29, 0.717) is 24.4 Å². The number of ether oxygens (including phenoxy) is 1. The minimum absolute atomic E-state index is 0. The first-order valence-electron chi connectivity index (χ1n) is 6.93. The lowest BCUT2D eigenvalue weighted by Crippen LogP contribution is -2.50. The van der Waals surface area contributed by atoms with Crippen molar-refractivity contribution < 1.29 is 14.3 Å². The number of carbonyl (C=O) groups is 2. The third-order valence-electron chi connectivity index (χ3n) is 3.03. The molecular formula is C15H24ClN3O3. The Morgan fingerprint density at radius 1 is 1.27 bits per heavy atom. The van der Waals surface area contributed by atoms with Crippen LogP contribution >= 0.6 is 12.4 Å². The average molecular weight is 330 g/mol. The number of nitrogens with one attached hydrogen (secondary N) is 2. The smallest absolute Gasteiger partial charge is 0.255 e. The van der Waals surface area contributed by atoms with Crippen LogP contribution in [0.5, 0.6) is 5.75 Å². The van der Waals surface area contributed by atoms with Gasteiger partial charge in [-0.1, -0.05) is 26.0 Å². The molecule has 22 heavy (non-hydrogen) atoms. The third-order valence-corrected chi connectivity index (χ3v) is 3.03. The van der Waals surface area contributed by atoms with Gasteiger partial charge in [0.05, 0.1) is 12.7 Å². The molecule has 0 radical (unpaired) electrons. The minimum atomic E-state index is -0.617. The standard InChI is InChI=1S/C15H23N3O3.ClH/c1-10(2)13(15(20)17-9-8-16)18-14(19)11-6-4-5-7-12(11)21-3;/h4-7,10,13H,8-9,16H2,1-3H3,(H,17,20)(H,18,19);1H. The van der Waals surface area contributed by atoms with Crippen molar-refractivity contribution in [1.82, 2.24) is 10.6 Å². The summed E-state index contributed by atoms with van der Waals surface area (Å²) in [6.45, 7) is 4.48. The summed E-state index contributed by atoms with van der Waals surface area (Å²) >= 11 is 0. The molecule has 0 fully saturated rings. The van der Waals surface area contributed by atoms with Crippen LogP contribution in [0.1, 0.15) is 24.2 Å². The number of hydrogen-bond acceptors (Lipinski definition) is 4. The second kappa shape index (κ2) is 10.0. The molecule has 1 atom stereocenters. The molecule has 0 bridgehead atoms. The second-order valence-corrected chi connectivity index (χ2v) is 4.98. The summed E-state index contributed by atoms with van der Waals surface area (Å²) in [6.07, 6.45) is 0. The van der Waals surface area contributed by atoms with Crippen LogP contribution < -0.4 is 21.1 Å². The average Bonchev–Trinajstić information content (AvgIpc) is 2.49. The summed E-state index contributed by atoms with van der Waals surface area (Å²) in [4.78, 5) is 24.4. The number of para-hydroxylation sites is 1. The quantitative estimate of drug-likeness (QED) is 0.694. The maximum absolute atomic E-state index is 12.3. The van der Waals surface area contributed by atoms with E-state index in [0.717, 1.165) is 0 Å². The van der Waals surface area contributed by atoms with Gasteiger partial charge >= 0.3 is 0 Å². The fourth-order valence-electron chi connectivity index (χ4n) is 1.89. The van der Waals surface area contributed by atoms with Crippen molar-refractivity contribution in [3.8, 4) is 5.75 Å². The third kappa shape index (κ3) is 5.54. The fraction of sp³-hybridized carbons (Fsp3) is 0.467. The van der Waals surface area contributed by atoms with Gasteiger partial charge in [0, 0.05) is 13.1 Å². The molecule has 124 valence electrons. The normalized spacial score (nSPS) is 11.3. The highest BCUT2D eigenvalue weighted by atomic mass is 35.5. The van der Waals surface area contributed by atoms with Crippen molar-refractivity contribution in [3.05, 3.63) is 29.8 Å². The zero-order valence-corrected chi connectivity index (χ0v) is 13.9. The van der Waals surface area contributed by atoms with Gasteiger partial charge in [-0.2, -0.15) is 0 Å². The maximum Gasteiger partial charge on any atom is 0.255 e. The van der Waals surface area contributed by atoms with Gasteiger partial charge in [-0.25, -0.2) is 0 Å². The first-order chi connectivity index (χ1) is 10.0. The summed E-state index contributed by atoms with van der Waals surface area (Å²) in [6, 6.07) is 6.27. The number of carbonyl (C=O) groups excluding carboxylic acids is 2. The first kappa shape index (κ1) is 20.2. The van der Waals surface area contributed by atoms with Crippen LogP contribution in [0.4, 0.5) is 0 Å². The molecule has 1 aromatic carbocycles. The number of benzene rings is 1. The van der Waals surface area contributed by atoms with Gasteiger partial charge in [-0.15, -0.1) is 12.4 Å². The van der Waals surface area contributed by atoms with Crippen molar-refractivity contribution in [2.75, 3.05) is 20.2 Å². The highest BCUT2D eigenvalue weighted by Gasteiger charge is 2.25. The summed E-state index contributed by atoms with van der Waals surface area (Å²) in [5.41, 5.74) is 5.76. The van der Waals surface area contributed by atoms with Crippen LogP contribution in [0.15, 0.2) is 24.3 Å². The number of nitrogens with two attached hydrogens (primary N) is 1. The lowest BCUT2D eigenvalue weighted by atomic mass is 10.0. The molecule has 1 unspecified atom stereocenters. The van der Waals surface area contributed by atoms with Gasteiger partial charge in [0.15, 0.2) is 0 Å². The summed E-state index contributed by atoms with van der Waals surface area (Å²) in [7, 11) is 1.50. The lowest BCUT2D eigenvalue weighted by molar-refractivity contribution is -0.123. The van der Waals surface area contributed by atoms with Crippen molar-refractivity contribution in [1.29, 1.82) is 0 Å². The molecule has 0 aliphatic carbocycles. The topological polar surface area (TPSA) is 93.4 Å². The maximum atomic E-state index is 12.3. The molecule has 0 saturated carbocycles. The van der Waals surface area contributed by atoms with Crippen LogP contribution in [-0.4, -0.2) is 38.1 Å². The van der Waals surface area contributed by atoms with E-state index in [2.05, 4.69) is 10.6 Å². The van der Waals surface area contributed by atoms with Crippen LogP contribution in [0.2, 0.25) is 0 Å². The molecule has 1 rings (SSSR count). The minimum Gasteiger partial charge on any atom is -0.496 e. The predicted octanol–water partition coefficient (Wildman–Crippen LogP) is 0.946. The van der Waals surface area contributed by atoms with E-state index >= 15 is 0 Å². The van der Waals surface area contributed by atoms with Crippen molar-refractivity contribution in [2.24, 2.45) is 11.7 Å². The van der Waals surface area contributed by atoms with Gasteiger partial charge in [-0.05, 0) is 18.1 Å². The highest BCUT2D eigenvalue weighted by molar-refractivity contribution is 5.99. The molecule has 0 heterocycles. The Morgan fingerprint density at radius 3 is 2.45 bits per heavy atom. The van der Waals surface area contributed by atoms with E-state index in [1.165, 1.54) is 7.11 Å². The van der Waals surface area contributed by atoms with E-state index in [4.69, 9.17) is 10.5 Å². The van der Waals surface area contributed by atoms with E-state index in [1.807, 2.05) is 13.8 Å². The lowest BCUT2D eigenvalue weighted by Gasteiger charge is -2.22. The summed E-state index contributed by atoms with van der Waals surface area (Å²) in [5, 5.41) is 5.43. The van der Waals surface area contributed by atoms with Crippen molar-refractivity contribution in [3.63, 3.8) is 0 Å². The monoisotopic (exact) mass is 329 g/mol. The van der Waals surface area contributed by atoms with Crippen LogP contribution in [-0.2, 0) is 4.79 Å². The molecule has 0 aromatic heterocycles. The predicted molar refractivity (Wildman–Crippen MR) is 88.4 cm³/mol. The van der Waals surface area contributed by atoms with Gasteiger partial charge in [-0.3, -0.25) is 9.59 Å². The Hall–Kier alpha value is -1.79. The highest BCUT2D eigenvalue weighted by Crippen LogP contribution is 2.17. The molecular weight excluding hydrogens is 306 g/mol. The largest absolute Gasteiger partial charge is 0.496 e. The van der Waals surface area contributed by atoms with E-state index in [1.54, 1.807) is 24.3 Å². The first-order valence-corrected chi connectivity index (χ1v) is 6.93. The van der Waals surface area contributed by atoms with Crippen LogP contribution in [0.25, 0.3) is 0 Å². The van der Waals surface area contributed by atoms with Crippen molar-refractivity contribution in [2.45, 2.75) is 19.9 Å². The Labute approximate surface area is 137 Å². The molecule has 0 saturated heterocycles. The molecule has 2 amide bonds. The summed E-state index contributed by atoms with van der Waals surface area (Å²) in [5.74, 6) is -0.144. The van der Waals surface area contributed by atoms with Crippen molar-refractivity contribution >= 4 is 24.2 Å².